The molecule has 4 N–H and O–H groups in total. The first-order valence-corrected chi connectivity index (χ1v) is 14.2. The molecule has 2 aromatic rings. The molecule has 0 saturated carbocycles. The van der Waals surface area contributed by atoms with Gasteiger partial charge < -0.3 is 26.3 Å². The summed E-state index contributed by atoms with van der Waals surface area (Å²) >= 11 is 20.5. The van der Waals surface area contributed by atoms with E-state index >= 15 is 0 Å². The highest BCUT2D eigenvalue weighted by Gasteiger charge is 2.53. The number of hydrogen-bond donors (Lipinski definition) is 3. The number of pyridine rings is 1. The number of benzene rings is 1. The number of fused-ring (bicyclic) bond motifs is 1. The van der Waals surface area contributed by atoms with Crippen LogP contribution < -0.4 is 26.0 Å². The lowest BCUT2D eigenvalue weighted by Gasteiger charge is -2.50. The Morgan fingerprint density at radius 2 is 1.92 bits per heavy atom. The van der Waals surface area contributed by atoms with Gasteiger partial charge in [0, 0.05) is 22.3 Å². The van der Waals surface area contributed by atoms with Crippen LogP contribution in [-0.2, 0) is 25.7 Å². The van der Waals surface area contributed by atoms with E-state index in [4.69, 9.17) is 40.5 Å². The minimum Gasteiger partial charge on any atom is -0.543 e. The van der Waals surface area contributed by atoms with E-state index in [1.807, 2.05) is 0 Å². The van der Waals surface area contributed by atoms with Crippen molar-refractivity contribution < 1.29 is 28.9 Å². The zero-order chi connectivity index (χ0) is 27.6. The fourth-order valence-electron chi connectivity index (χ4n) is 3.89. The van der Waals surface area contributed by atoms with Crippen molar-refractivity contribution in [2.75, 3.05) is 23.4 Å². The molecule has 0 radical (unpaired) electrons. The van der Waals surface area contributed by atoms with Crippen LogP contribution >= 0.6 is 58.3 Å². The first kappa shape index (κ1) is 28.5. The lowest BCUT2D eigenvalue weighted by Crippen LogP contribution is -2.71. The maximum atomic E-state index is 12.9. The molecule has 0 spiro atoms. The lowest BCUT2D eigenvalue weighted by molar-refractivity contribution is -0.688. The Morgan fingerprint density at radius 1 is 1.18 bits per heavy atom. The molecule has 0 bridgehead atoms. The number of thioether (sulfide) groups is 2. The summed E-state index contributed by atoms with van der Waals surface area (Å²) in [5, 5.41) is 17.7. The largest absolute Gasteiger partial charge is 0.543 e. The van der Waals surface area contributed by atoms with Crippen molar-refractivity contribution in [1.29, 1.82) is 0 Å². The molecule has 38 heavy (non-hydrogen) atoms. The maximum absolute atomic E-state index is 12.9. The summed E-state index contributed by atoms with van der Waals surface area (Å²) in [6.07, 6.45) is 3.33. The van der Waals surface area contributed by atoms with Crippen molar-refractivity contribution in [2.24, 2.45) is 5.73 Å². The monoisotopic (exact) mass is 615 g/mol. The number of aromatic nitrogens is 1. The predicted octanol–water partition coefficient (Wildman–Crippen LogP) is 1.03. The molecular weight excluding hydrogens is 597 g/mol. The highest BCUT2D eigenvalue weighted by atomic mass is 35.5. The average molecular weight is 617 g/mol. The Labute approximate surface area is 240 Å². The molecule has 2 atom stereocenters. The van der Waals surface area contributed by atoms with Gasteiger partial charge in [-0.3, -0.25) is 19.3 Å². The van der Waals surface area contributed by atoms with Gasteiger partial charge in [0.2, 0.25) is 11.8 Å². The number of amides is 3. The molecule has 200 valence electrons. The van der Waals surface area contributed by atoms with Crippen LogP contribution in [0.15, 0.2) is 52.8 Å². The summed E-state index contributed by atoms with van der Waals surface area (Å²) in [6, 6.07) is 5.51. The van der Waals surface area contributed by atoms with Gasteiger partial charge in [-0.25, -0.2) is 0 Å². The third kappa shape index (κ3) is 6.22. The molecule has 3 heterocycles. The van der Waals surface area contributed by atoms with E-state index in [-0.39, 0.29) is 30.4 Å². The quantitative estimate of drug-likeness (QED) is 0.164. The van der Waals surface area contributed by atoms with E-state index in [0.717, 1.165) is 16.7 Å². The van der Waals surface area contributed by atoms with E-state index in [1.165, 1.54) is 17.8 Å². The second-order valence-corrected chi connectivity index (χ2v) is 11.5. The molecule has 2 aliphatic rings. The number of aliphatic carboxylic acids is 1. The molecule has 1 aromatic heterocycles. The number of carboxylic acid groups (broad SMARTS) is 1. The van der Waals surface area contributed by atoms with Gasteiger partial charge in [0.15, 0.2) is 18.9 Å². The Bertz CT molecular complexity index is 1360. The van der Waals surface area contributed by atoms with Crippen LogP contribution in [0.25, 0.3) is 0 Å². The van der Waals surface area contributed by atoms with Crippen molar-refractivity contribution in [3.05, 3.63) is 63.0 Å². The number of hydrogen-bond acceptors (Lipinski definition) is 8. The van der Waals surface area contributed by atoms with Crippen LogP contribution in [0.5, 0.6) is 0 Å². The number of carbonyl (C=O) groups is 4. The van der Waals surface area contributed by atoms with Gasteiger partial charge in [0.05, 0.1) is 39.0 Å². The first-order valence-electron chi connectivity index (χ1n) is 11.0. The Kier molecular flexibility index (Phi) is 9.11. The van der Waals surface area contributed by atoms with E-state index < -0.39 is 29.2 Å². The van der Waals surface area contributed by atoms with Gasteiger partial charge in [0.1, 0.15) is 17.1 Å². The molecule has 0 aliphatic carbocycles. The standard InChI is InChI=1S/C23H20Cl3N5O5S2/c24-13-4-15(26)16(5-14(13)25)37-10-18(33)29-19-21(34)31-20(23(35)36)11(9-38-22(19)31)7-30-3-1-2-12(8-30)28-17(32)6-27/h1-5,8,19,22H,6-7,9-10,27H2,(H2-,28,29,32,33,35,36)/t19-,22-/m1/s1. The fraction of sp³-hybridized carbons (Fsp3) is 0.261. The van der Waals surface area contributed by atoms with E-state index in [0.29, 0.717) is 37.0 Å². The third-order valence-electron chi connectivity index (χ3n) is 5.59. The van der Waals surface area contributed by atoms with Crippen molar-refractivity contribution in [3.63, 3.8) is 0 Å². The predicted molar refractivity (Wildman–Crippen MR) is 144 cm³/mol. The zero-order valence-electron chi connectivity index (χ0n) is 19.4. The second-order valence-electron chi connectivity index (χ2n) is 8.20. The molecule has 1 saturated heterocycles. The smallest absolute Gasteiger partial charge is 0.253 e. The molecular formula is C23H20Cl3N5O5S2. The molecule has 4 rings (SSSR count). The number of nitrogens with two attached hydrogens (primary N) is 1. The van der Waals surface area contributed by atoms with Crippen LogP contribution in [0.1, 0.15) is 0 Å². The summed E-state index contributed by atoms with van der Waals surface area (Å²) < 4.78 is 1.68. The molecule has 0 unspecified atom stereocenters. The van der Waals surface area contributed by atoms with E-state index in [2.05, 4.69) is 10.6 Å². The summed E-state index contributed by atoms with van der Waals surface area (Å²) in [7, 11) is 0. The highest BCUT2D eigenvalue weighted by Crippen LogP contribution is 2.40. The van der Waals surface area contributed by atoms with Crippen molar-refractivity contribution in [3.8, 4) is 0 Å². The zero-order valence-corrected chi connectivity index (χ0v) is 23.3. The highest BCUT2D eigenvalue weighted by molar-refractivity contribution is 8.00. The summed E-state index contributed by atoms with van der Waals surface area (Å²) in [4.78, 5) is 50.8. The number of carboxylic acids is 1. The van der Waals surface area contributed by atoms with Crippen LogP contribution in [0, 0.1) is 0 Å². The molecule has 1 aromatic carbocycles. The van der Waals surface area contributed by atoms with E-state index in [9.17, 15) is 24.3 Å². The number of nitrogens with zero attached hydrogens (tertiary/aromatic N) is 2. The number of anilines is 1. The van der Waals surface area contributed by atoms with Gasteiger partial charge in [-0.2, -0.15) is 4.57 Å². The Balaban J connectivity index is 1.42. The number of β-lactam (4-membered cyclic amide) rings is 1. The summed E-state index contributed by atoms with van der Waals surface area (Å²) in [5.41, 5.74) is 6.06. The van der Waals surface area contributed by atoms with Gasteiger partial charge in [-0.05, 0) is 18.2 Å². The summed E-state index contributed by atoms with van der Waals surface area (Å²) in [6.45, 7) is -0.0270. The lowest BCUT2D eigenvalue weighted by atomic mass is 10.0. The third-order valence-corrected chi connectivity index (χ3v) is 9.13. The van der Waals surface area contributed by atoms with Crippen LogP contribution in [0.4, 0.5) is 5.69 Å². The Morgan fingerprint density at radius 3 is 2.63 bits per heavy atom. The number of carbonyl (C=O) groups excluding carboxylic acids is 4. The first-order chi connectivity index (χ1) is 18.1. The van der Waals surface area contributed by atoms with Crippen LogP contribution in [0.2, 0.25) is 15.1 Å². The SMILES string of the molecule is NCC(=O)Nc1ccc[n+](CC2=C(C(=O)[O-])N3C(=O)[C@@H](NC(=O)CSc4cc(Cl)c(Cl)cc4Cl)[C@H]3SC2)c1. The van der Waals surface area contributed by atoms with Crippen molar-refractivity contribution >= 4 is 87.7 Å². The number of rotatable bonds is 9. The maximum Gasteiger partial charge on any atom is 0.253 e. The number of nitrogens with one attached hydrogen (secondary N) is 2. The van der Waals surface area contributed by atoms with Gasteiger partial charge in [-0.1, -0.05) is 34.8 Å². The van der Waals surface area contributed by atoms with Crippen molar-refractivity contribution in [2.45, 2.75) is 22.9 Å². The minimum atomic E-state index is -1.48. The molecule has 3 amide bonds. The van der Waals surface area contributed by atoms with Gasteiger partial charge in [0.25, 0.3) is 5.91 Å². The van der Waals surface area contributed by atoms with Gasteiger partial charge in [-0.15, -0.1) is 23.5 Å². The molecule has 10 nitrogen and oxygen atoms in total. The van der Waals surface area contributed by atoms with Crippen molar-refractivity contribution in [1.82, 2.24) is 10.2 Å². The van der Waals surface area contributed by atoms with E-state index in [1.54, 1.807) is 35.2 Å². The molecule has 15 heteroatoms. The van der Waals surface area contributed by atoms with Crippen LogP contribution in [0.3, 0.4) is 0 Å². The number of halogens is 3. The summed E-state index contributed by atoms with van der Waals surface area (Å²) in [5.74, 6) is -2.57. The molecule has 1 fully saturated rings. The topological polar surface area (TPSA) is 149 Å². The normalized spacial score (nSPS) is 18.5. The minimum absolute atomic E-state index is 0.0407. The Hall–Kier alpha value is -2.48. The van der Waals surface area contributed by atoms with Crippen LogP contribution in [-0.4, -0.2) is 58.1 Å². The molecule has 2 aliphatic heterocycles. The average Bonchev–Trinajstić information content (AvgIpc) is 2.88. The second kappa shape index (κ2) is 12.1. The van der Waals surface area contributed by atoms with Gasteiger partial charge >= 0.3 is 0 Å². The fourth-order valence-corrected chi connectivity index (χ4v) is 6.77.